The number of nitrogens with one attached hydrogen (secondary N) is 1. The SMILES string of the molecule is N#CC(Cl)CN1CCNC(=O)C1. The molecule has 1 aliphatic rings. The van der Waals surface area contributed by atoms with E-state index in [1.807, 2.05) is 11.0 Å². The highest BCUT2D eigenvalue weighted by molar-refractivity contribution is 6.22. The second-order valence-electron chi connectivity index (χ2n) is 2.68. The smallest absolute Gasteiger partial charge is 0.234 e. The van der Waals surface area contributed by atoms with Gasteiger partial charge in [0.15, 0.2) is 0 Å². The first-order chi connectivity index (χ1) is 5.72. The van der Waals surface area contributed by atoms with E-state index in [1.54, 1.807) is 0 Å². The molecule has 1 saturated heterocycles. The summed E-state index contributed by atoms with van der Waals surface area (Å²) in [5.41, 5.74) is 0. The maximum Gasteiger partial charge on any atom is 0.234 e. The third kappa shape index (κ3) is 2.68. The van der Waals surface area contributed by atoms with Crippen molar-refractivity contribution in [2.24, 2.45) is 0 Å². The molecule has 1 unspecified atom stereocenters. The zero-order valence-corrected chi connectivity index (χ0v) is 7.34. The molecule has 4 nitrogen and oxygen atoms in total. The maximum atomic E-state index is 10.9. The number of hydrogen-bond donors (Lipinski definition) is 1. The Morgan fingerprint density at radius 2 is 2.58 bits per heavy atom. The Balaban J connectivity index is 2.33. The lowest BCUT2D eigenvalue weighted by Crippen LogP contribution is -2.49. The van der Waals surface area contributed by atoms with Gasteiger partial charge in [0.05, 0.1) is 12.6 Å². The van der Waals surface area contributed by atoms with Crippen LogP contribution in [0.1, 0.15) is 0 Å². The van der Waals surface area contributed by atoms with E-state index in [0.717, 1.165) is 6.54 Å². The molecule has 0 radical (unpaired) electrons. The highest BCUT2D eigenvalue weighted by Crippen LogP contribution is 2.00. The number of nitriles is 1. The number of piperazine rings is 1. The first-order valence-electron chi connectivity index (χ1n) is 3.75. The zero-order valence-electron chi connectivity index (χ0n) is 6.59. The third-order valence-corrected chi connectivity index (χ3v) is 1.91. The first-order valence-corrected chi connectivity index (χ1v) is 4.19. The molecule has 1 heterocycles. The molecular weight excluding hydrogens is 178 g/mol. The van der Waals surface area contributed by atoms with Crippen molar-refractivity contribution in [3.8, 4) is 6.07 Å². The van der Waals surface area contributed by atoms with Crippen LogP contribution in [0.15, 0.2) is 0 Å². The van der Waals surface area contributed by atoms with E-state index in [0.29, 0.717) is 19.6 Å². The lowest BCUT2D eigenvalue weighted by Gasteiger charge is -2.26. The topological polar surface area (TPSA) is 56.1 Å². The van der Waals surface area contributed by atoms with Crippen LogP contribution in [0.25, 0.3) is 0 Å². The average Bonchev–Trinajstić information content (AvgIpc) is 2.04. The molecule has 1 aliphatic heterocycles. The fourth-order valence-electron chi connectivity index (χ4n) is 1.11. The lowest BCUT2D eigenvalue weighted by molar-refractivity contribution is -0.124. The summed E-state index contributed by atoms with van der Waals surface area (Å²) in [6.07, 6.45) is 0. The quantitative estimate of drug-likeness (QED) is 0.596. The maximum absolute atomic E-state index is 10.9. The molecular formula is C7H10ClN3O. The molecule has 66 valence electrons. The number of rotatable bonds is 2. The molecule has 1 amide bonds. The number of alkyl halides is 1. The molecule has 0 spiro atoms. The number of hydrogen-bond acceptors (Lipinski definition) is 3. The van der Waals surface area contributed by atoms with Gasteiger partial charge in [0, 0.05) is 19.6 Å². The van der Waals surface area contributed by atoms with Crippen LogP contribution in [0.5, 0.6) is 0 Å². The minimum Gasteiger partial charge on any atom is -0.354 e. The molecule has 1 N–H and O–H groups in total. The van der Waals surface area contributed by atoms with Gasteiger partial charge in [-0.05, 0) is 0 Å². The van der Waals surface area contributed by atoms with Gasteiger partial charge in [-0.2, -0.15) is 5.26 Å². The number of amides is 1. The molecule has 12 heavy (non-hydrogen) atoms. The summed E-state index contributed by atoms with van der Waals surface area (Å²) in [6, 6.07) is 1.92. The van der Waals surface area contributed by atoms with Crippen LogP contribution in [0, 0.1) is 11.3 Å². The first kappa shape index (κ1) is 9.30. The molecule has 1 atom stereocenters. The van der Waals surface area contributed by atoms with Gasteiger partial charge < -0.3 is 5.32 Å². The Bertz CT molecular complexity index is 213. The van der Waals surface area contributed by atoms with Gasteiger partial charge in [-0.3, -0.25) is 9.69 Å². The van der Waals surface area contributed by atoms with E-state index < -0.39 is 5.38 Å². The normalized spacial score (nSPS) is 21.2. The minimum absolute atomic E-state index is 0.00283. The lowest BCUT2D eigenvalue weighted by atomic mass is 10.3. The van der Waals surface area contributed by atoms with Gasteiger partial charge in [0.1, 0.15) is 5.38 Å². The highest BCUT2D eigenvalue weighted by atomic mass is 35.5. The van der Waals surface area contributed by atoms with Crippen molar-refractivity contribution in [2.45, 2.75) is 5.38 Å². The average molecular weight is 188 g/mol. The minimum atomic E-state index is -0.518. The van der Waals surface area contributed by atoms with Crippen LogP contribution < -0.4 is 5.32 Å². The summed E-state index contributed by atoms with van der Waals surface area (Å²) in [5.74, 6) is 0.00283. The molecule has 0 saturated carbocycles. The summed E-state index contributed by atoms with van der Waals surface area (Å²) < 4.78 is 0. The molecule has 0 bridgehead atoms. The van der Waals surface area contributed by atoms with Crippen molar-refractivity contribution < 1.29 is 4.79 Å². The van der Waals surface area contributed by atoms with Crippen molar-refractivity contribution in [2.75, 3.05) is 26.2 Å². The monoisotopic (exact) mass is 187 g/mol. The number of carbonyl (C=O) groups excluding carboxylic acids is 1. The van der Waals surface area contributed by atoms with Crippen LogP contribution in [-0.2, 0) is 4.79 Å². The van der Waals surface area contributed by atoms with E-state index in [4.69, 9.17) is 16.9 Å². The molecule has 1 rings (SSSR count). The summed E-state index contributed by atoms with van der Waals surface area (Å²) in [6.45, 7) is 2.24. The third-order valence-electron chi connectivity index (χ3n) is 1.68. The van der Waals surface area contributed by atoms with Gasteiger partial charge in [0.2, 0.25) is 5.91 Å². The molecule has 0 aromatic carbocycles. The van der Waals surface area contributed by atoms with E-state index in [-0.39, 0.29) is 5.91 Å². The number of halogens is 1. The van der Waals surface area contributed by atoms with Crippen LogP contribution in [0.3, 0.4) is 0 Å². The molecule has 1 fully saturated rings. The van der Waals surface area contributed by atoms with Crippen molar-refractivity contribution in [3.05, 3.63) is 0 Å². The van der Waals surface area contributed by atoms with Gasteiger partial charge >= 0.3 is 0 Å². The summed E-state index contributed by atoms with van der Waals surface area (Å²) in [7, 11) is 0. The van der Waals surface area contributed by atoms with Gasteiger partial charge in [-0.1, -0.05) is 0 Å². The predicted octanol–water partition coefficient (Wildman–Crippen LogP) is -0.451. The second kappa shape index (κ2) is 4.29. The molecule has 5 heteroatoms. The summed E-state index contributed by atoms with van der Waals surface area (Å²) in [5, 5.41) is 10.6. The highest BCUT2D eigenvalue weighted by Gasteiger charge is 2.18. The van der Waals surface area contributed by atoms with Crippen molar-refractivity contribution in [3.63, 3.8) is 0 Å². The standard InChI is InChI=1S/C7H10ClN3O/c8-6(3-9)4-11-2-1-10-7(12)5-11/h6H,1-2,4-5H2,(H,10,12). The van der Waals surface area contributed by atoms with Crippen LogP contribution in [0.2, 0.25) is 0 Å². The van der Waals surface area contributed by atoms with Crippen molar-refractivity contribution in [1.82, 2.24) is 10.2 Å². The fourth-order valence-corrected chi connectivity index (χ4v) is 1.31. The van der Waals surface area contributed by atoms with E-state index in [9.17, 15) is 4.79 Å². The molecule has 0 aromatic heterocycles. The number of nitrogens with zero attached hydrogens (tertiary/aromatic N) is 2. The Morgan fingerprint density at radius 1 is 1.83 bits per heavy atom. The molecule has 0 aromatic rings. The van der Waals surface area contributed by atoms with Crippen molar-refractivity contribution in [1.29, 1.82) is 5.26 Å². The van der Waals surface area contributed by atoms with E-state index in [2.05, 4.69) is 5.32 Å². The zero-order chi connectivity index (χ0) is 8.97. The van der Waals surface area contributed by atoms with Crippen LogP contribution in [-0.4, -0.2) is 42.4 Å². The van der Waals surface area contributed by atoms with E-state index in [1.165, 1.54) is 0 Å². The van der Waals surface area contributed by atoms with E-state index >= 15 is 0 Å². The Kier molecular flexibility index (Phi) is 3.32. The van der Waals surface area contributed by atoms with Crippen molar-refractivity contribution >= 4 is 17.5 Å². The Labute approximate surface area is 76.1 Å². The van der Waals surface area contributed by atoms with Gasteiger partial charge in [-0.25, -0.2) is 0 Å². The predicted molar refractivity (Wildman–Crippen MR) is 44.7 cm³/mol. The Morgan fingerprint density at radius 3 is 3.17 bits per heavy atom. The van der Waals surface area contributed by atoms with Gasteiger partial charge in [0.25, 0.3) is 0 Å². The summed E-state index contributed by atoms with van der Waals surface area (Å²) in [4.78, 5) is 12.7. The number of carbonyl (C=O) groups is 1. The second-order valence-corrected chi connectivity index (χ2v) is 3.21. The Hall–Kier alpha value is -0.790. The summed E-state index contributed by atoms with van der Waals surface area (Å²) >= 11 is 5.61. The van der Waals surface area contributed by atoms with Gasteiger partial charge in [-0.15, -0.1) is 11.6 Å². The van der Waals surface area contributed by atoms with Crippen LogP contribution >= 0.6 is 11.6 Å². The largest absolute Gasteiger partial charge is 0.354 e. The fraction of sp³-hybridized carbons (Fsp3) is 0.714. The molecule has 0 aliphatic carbocycles. The van der Waals surface area contributed by atoms with Crippen LogP contribution in [0.4, 0.5) is 0 Å².